The molecule has 27 heavy (non-hydrogen) atoms. The molecule has 0 aliphatic heterocycles. The van der Waals surface area contributed by atoms with Crippen molar-refractivity contribution in [3.63, 3.8) is 0 Å². The van der Waals surface area contributed by atoms with Crippen LogP contribution in [0.4, 0.5) is 0 Å². The average molecular weight is 358 g/mol. The maximum atomic E-state index is 13.1. The Balaban J connectivity index is 1.69. The Morgan fingerprint density at radius 2 is 2.07 bits per heavy atom. The number of aromatic amines is 1. The summed E-state index contributed by atoms with van der Waals surface area (Å²) in [5.74, 6) is 0. The number of fused-ring (bicyclic) bond motifs is 1. The topological polar surface area (TPSA) is 91.8 Å². The van der Waals surface area contributed by atoms with Gasteiger partial charge in [0.15, 0.2) is 5.65 Å². The summed E-state index contributed by atoms with van der Waals surface area (Å²) >= 11 is 0. The molecule has 0 radical (unpaired) electrons. The third kappa shape index (κ3) is 2.45. The van der Waals surface area contributed by atoms with E-state index in [1.54, 1.807) is 6.20 Å². The third-order valence-electron chi connectivity index (χ3n) is 5.45. The van der Waals surface area contributed by atoms with E-state index in [-0.39, 0.29) is 5.56 Å². The molecule has 1 fully saturated rings. The number of hydrogen-bond donors (Lipinski definition) is 1. The molecular weight excluding hydrogens is 340 g/mol. The van der Waals surface area contributed by atoms with Crippen LogP contribution in [0.2, 0.25) is 0 Å². The highest BCUT2D eigenvalue weighted by atomic mass is 16.1. The minimum atomic E-state index is -0.211. The van der Waals surface area contributed by atoms with E-state index in [1.165, 1.54) is 30.0 Å². The van der Waals surface area contributed by atoms with Crippen molar-refractivity contribution < 1.29 is 0 Å². The quantitative estimate of drug-likeness (QED) is 0.778. The molecule has 0 unspecified atom stereocenters. The Hall–Kier alpha value is -3.40. The fourth-order valence-electron chi connectivity index (χ4n) is 3.93. The molecule has 1 N–H and O–H groups in total. The number of rotatable bonds is 3. The van der Waals surface area contributed by atoms with Gasteiger partial charge in [0.25, 0.3) is 5.56 Å². The summed E-state index contributed by atoms with van der Waals surface area (Å²) in [4.78, 5) is 17.8. The Kier molecular flexibility index (Phi) is 3.57. The van der Waals surface area contributed by atoms with Crippen molar-refractivity contribution >= 4 is 11.2 Å². The van der Waals surface area contributed by atoms with E-state index in [0.717, 1.165) is 24.0 Å². The van der Waals surface area contributed by atoms with Gasteiger partial charge in [0.1, 0.15) is 11.6 Å². The number of hydrogen-bond acceptors (Lipinski definition) is 4. The summed E-state index contributed by atoms with van der Waals surface area (Å²) in [7, 11) is 0. The number of nitrogens with one attached hydrogen (secondary N) is 1. The van der Waals surface area contributed by atoms with Gasteiger partial charge in [-0.15, -0.1) is 0 Å². The zero-order chi connectivity index (χ0) is 18.4. The van der Waals surface area contributed by atoms with Crippen LogP contribution < -0.4 is 5.56 Å². The van der Waals surface area contributed by atoms with E-state index in [4.69, 9.17) is 0 Å². The highest BCUT2D eigenvalue weighted by Gasteiger charge is 2.23. The summed E-state index contributed by atoms with van der Waals surface area (Å²) < 4.78 is 3.34. The second kappa shape index (κ2) is 6.09. The van der Waals surface area contributed by atoms with Crippen molar-refractivity contribution in [2.24, 2.45) is 0 Å². The number of nitriles is 1. The van der Waals surface area contributed by atoms with E-state index < -0.39 is 0 Å². The molecule has 0 bridgehead atoms. The first kappa shape index (κ1) is 15.8. The van der Waals surface area contributed by atoms with Gasteiger partial charge < -0.3 is 0 Å². The fraction of sp³-hybridized carbons (Fsp3) is 0.300. The molecule has 3 heterocycles. The lowest BCUT2D eigenvalue weighted by Crippen LogP contribution is -2.21. The van der Waals surface area contributed by atoms with Crippen molar-refractivity contribution in [1.82, 2.24) is 24.4 Å². The Bertz CT molecular complexity index is 1190. The van der Waals surface area contributed by atoms with Crippen LogP contribution in [0.1, 0.15) is 49.3 Å². The zero-order valence-electron chi connectivity index (χ0n) is 14.7. The van der Waals surface area contributed by atoms with Crippen molar-refractivity contribution in [3.8, 4) is 17.3 Å². The van der Waals surface area contributed by atoms with Gasteiger partial charge in [0.05, 0.1) is 23.5 Å². The second-order valence-electron chi connectivity index (χ2n) is 7.08. The van der Waals surface area contributed by atoms with Gasteiger partial charge in [-0.05, 0) is 18.4 Å². The van der Waals surface area contributed by atoms with E-state index in [0.29, 0.717) is 28.5 Å². The van der Waals surface area contributed by atoms with E-state index in [1.807, 2.05) is 29.1 Å². The van der Waals surface area contributed by atoms with Gasteiger partial charge in [-0.25, -0.2) is 4.98 Å². The van der Waals surface area contributed by atoms with Crippen LogP contribution in [0.5, 0.6) is 0 Å². The number of allylic oxidation sites excluding steroid dienone is 4. The average Bonchev–Trinajstić information content (AvgIpc) is 3.30. The van der Waals surface area contributed by atoms with Crippen LogP contribution in [-0.2, 0) is 0 Å². The molecular formula is C20H18N6O. The minimum Gasteiger partial charge on any atom is -0.295 e. The van der Waals surface area contributed by atoms with Crippen molar-refractivity contribution in [2.75, 3.05) is 0 Å². The van der Waals surface area contributed by atoms with Gasteiger partial charge in [0, 0.05) is 18.0 Å². The SMILES string of the molecule is N#Cc1c[nH]n2c(=O)c(C3=CC=C3)c(-c3cnn(C4CCCCC4)c3)nc12. The largest absolute Gasteiger partial charge is 0.295 e. The highest BCUT2D eigenvalue weighted by molar-refractivity contribution is 5.88. The first-order valence-corrected chi connectivity index (χ1v) is 9.24. The predicted molar refractivity (Wildman–Crippen MR) is 101 cm³/mol. The molecule has 7 heteroatoms. The van der Waals surface area contributed by atoms with Crippen molar-refractivity contribution in [2.45, 2.75) is 38.1 Å². The maximum absolute atomic E-state index is 13.1. The van der Waals surface area contributed by atoms with E-state index >= 15 is 0 Å². The first-order valence-electron chi connectivity index (χ1n) is 9.24. The Labute approximate surface area is 155 Å². The van der Waals surface area contributed by atoms with Crippen LogP contribution in [0, 0.1) is 11.3 Å². The summed E-state index contributed by atoms with van der Waals surface area (Å²) in [5, 5.41) is 16.7. The van der Waals surface area contributed by atoms with Crippen LogP contribution in [-0.4, -0.2) is 24.4 Å². The summed E-state index contributed by atoms with van der Waals surface area (Å²) in [6.07, 6.45) is 17.0. The van der Waals surface area contributed by atoms with Crippen LogP contribution in [0.15, 0.2) is 41.6 Å². The number of nitrogens with zero attached hydrogens (tertiary/aromatic N) is 5. The third-order valence-corrected chi connectivity index (χ3v) is 5.45. The lowest BCUT2D eigenvalue weighted by atomic mass is 9.95. The van der Waals surface area contributed by atoms with E-state index in [2.05, 4.69) is 21.3 Å². The summed E-state index contributed by atoms with van der Waals surface area (Å²) in [6, 6.07) is 2.49. The number of H-pyrrole nitrogens is 1. The smallest absolute Gasteiger partial charge is 0.281 e. The van der Waals surface area contributed by atoms with Gasteiger partial charge in [0.2, 0.25) is 0 Å². The zero-order valence-corrected chi connectivity index (χ0v) is 14.7. The molecule has 134 valence electrons. The standard InChI is InChI=1S/C20H18N6O/c21-9-14-10-23-26-19(14)24-18(17(20(26)27)13-5-4-6-13)15-11-22-25(12-15)16-7-2-1-3-8-16/h4-6,10-12,16,23H,1-3,7-8H2. The molecule has 0 aromatic carbocycles. The normalized spacial score (nSPS) is 16.9. The van der Waals surface area contributed by atoms with Gasteiger partial charge in [-0.1, -0.05) is 37.5 Å². The minimum absolute atomic E-state index is 0.211. The van der Waals surface area contributed by atoms with E-state index in [9.17, 15) is 10.1 Å². The molecule has 2 aliphatic rings. The molecule has 2 aliphatic carbocycles. The van der Waals surface area contributed by atoms with Crippen LogP contribution in [0.3, 0.4) is 0 Å². The Morgan fingerprint density at radius 3 is 2.78 bits per heavy atom. The molecule has 0 spiro atoms. The molecule has 1 saturated carbocycles. The molecule has 3 aromatic heterocycles. The molecule has 5 rings (SSSR count). The summed E-state index contributed by atoms with van der Waals surface area (Å²) in [6.45, 7) is 0. The number of aromatic nitrogens is 5. The molecule has 0 amide bonds. The van der Waals surface area contributed by atoms with Gasteiger partial charge >= 0.3 is 0 Å². The van der Waals surface area contributed by atoms with Crippen LogP contribution in [0.25, 0.3) is 22.5 Å². The molecule has 0 atom stereocenters. The van der Waals surface area contributed by atoms with Gasteiger partial charge in [-0.2, -0.15) is 14.9 Å². The fourth-order valence-corrected chi connectivity index (χ4v) is 3.93. The molecule has 3 aromatic rings. The first-order chi connectivity index (χ1) is 13.3. The molecule has 7 nitrogen and oxygen atoms in total. The lowest BCUT2D eigenvalue weighted by Gasteiger charge is -2.21. The summed E-state index contributed by atoms with van der Waals surface area (Å²) in [5.41, 5.74) is 3.24. The van der Waals surface area contributed by atoms with Gasteiger partial charge in [-0.3, -0.25) is 14.6 Å². The maximum Gasteiger partial charge on any atom is 0.281 e. The monoisotopic (exact) mass is 358 g/mol. The van der Waals surface area contributed by atoms with Crippen molar-refractivity contribution in [3.05, 3.63) is 58.3 Å². The van der Waals surface area contributed by atoms with Crippen LogP contribution >= 0.6 is 0 Å². The van der Waals surface area contributed by atoms with Crippen molar-refractivity contribution in [1.29, 1.82) is 5.26 Å². The Morgan fingerprint density at radius 1 is 1.26 bits per heavy atom. The highest BCUT2D eigenvalue weighted by Crippen LogP contribution is 2.32. The predicted octanol–water partition coefficient (Wildman–Crippen LogP) is 3.22. The second-order valence-corrected chi connectivity index (χ2v) is 7.08. The lowest BCUT2D eigenvalue weighted by molar-refractivity contribution is 0.329. The molecule has 0 saturated heterocycles.